The minimum atomic E-state index is -0.272. The van der Waals surface area contributed by atoms with Crippen molar-refractivity contribution in [2.75, 3.05) is 6.54 Å². The SMILES string of the molecule is CCC1C(C)CCN1C(C)(C)C=O. The van der Waals surface area contributed by atoms with Crippen LogP contribution >= 0.6 is 0 Å². The third-order valence-corrected chi connectivity index (χ3v) is 3.33. The number of nitrogens with zero attached hydrogens (tertiary/aromatic N) is 1. The Hall–Kier alpha value is -0.370. The molecule has 13 heavy (non-hydrogen) atoms. The highest BCUT2D eigenvalue weighted by molar-refractivity contribution is 5.62. The highest BCUT2D eigenvalue weighted by Crippen LogP contribution is 2.31. The van der Waals surface area contributed by atoms with Crippen LogP contribution in [-0.2, 0) is 4.79 Å². The molecule has 0 aromatic heterocycles. The van der Waals surface area contributed by atoms with Crippen LogP contribution in [0.1, 0.15) is 40.5 Å². The summed E-state index contributed by atoms with van der Waals surface area (Å²) in [6.07, 6.45) is 3.46. The normalized spacial score (nSPS) is 30.8. The van der Waals surface area contributed by atoms with Crippen LogP contribution in [0, 0.1) is 5.92 Å². The van der Waals surface area contributed by atoms with E-state index >= 15 is 0 Å². The summed E-state index contributed by atoms with van der Waals surface area (Å²) in [5, 5.41) is 0. The van der Waals surface area contributed by atoms with Gasteiger partial charge < -0.3 is 4.79 Å². The molecule has 0 saturated carbocycles. The van der Waals surface area contributed by atoms with Gasteiger partial charge in [-0.25, -0.2) is 0 Å². The molecule has 1 aliphatic heterocycles. The standard InChI is InChI=1S/C11H21NO/c1-5-10-9(2)6-7-12(10)11(3,4)8-13/h8-10H,5-7H2,1-4H3. The second kappa shape index (κ2) is 3.79. The summed E-state index contributed by atoms with van der Waals surface area (Å²) in [5.41, 5.74) is -0.272. The van der Waals surface area contributed by atoms with Gasteiger partial charge in [0.1, 0.15) is 6.29 Å². The molecule has 2 nitrogen and oxygen atoms in total. The van der Waals surface area contributed by atoms with Crippen molar-refractivity contribution in [3.05, 3.63) is 0 Å². The number of likely N-dealkylation sites (tertiary alicyclic amines) is 1. The fourth-order valence-corrected chi connectivity index (χ4v) is 2.41. The van der Waals surface area contributed by atoms with E-state index < -0.39 is 0 Å². The van der Waals surface area contributed by atoms with E-state index in [1.54, 1.807) is 0 Å². The van der Waals surface area contributed by atoms with Crippen LogP contribution in [0.2, 0.25) is 0 Å². The van der Waals surface area contributed by atoms with Gasteiger partial charge in [-0.15, -0.1) is 0 Å². The lowest BCUT2D eigenvalue weighted by Gasteiger charge is -2.36. The molecule has 76 valence electrons. The first-order valence-electron chi connectivity index (χ1n) is 5.26. The number of aldehydes is 1. The van der Waals surface area contributed by atoms with Gasteiger partial charge in [0.2, 0.25) is 0 Å². The molecule has 0 bridgehead atoms. The minimum Gasteiger partial charge on any atom is -0.301 e. The zero-order valence-corrected chi connectivity index (χ0v) is 9.21. The number of carbonyl (C=O) groups is 1. The monoisotopic (exact) mass is 183 g/mol. The molecule has 0 aliphatic carbocycles. The summed E-state index contributed by atoms with van der Waals surface area (Å²) in [5.74, 6) is 0.740. The second-order valence-electron chi connectivity index (χ2n) is 4.71. The van der Waals surface area contributed by atoms with Crippen LogP contribution in [0.3, 0.4) is 0 Å². The van der Waals surface area contributed by atoms with E-state index in [4.69, 9.17) is 0 Å². The van der Waals surface area contributed by atoms with Gasteiger partial charge in [-0.3, -0.25) is 4.90 Å². The number of carbonyl (C=O) groups excluding carboxylic acids is 1. The lowest BCUT2D eigenvalue weighted by atomic mass is 9.97. The summed E-state index contributed by atoms with van der Waals surface area (Å²) in [6, 6.07) is 0.597. The van der Waals surface area contributed by atoms with E-state index in [9.17, 15) is 4.79 Å². The Balaban J connectivity index is 2.75. The Morgan fingerprint density at radius 2 is 2.15 bits per heavy atom. The van der Waals surface area contributed by atoms with E-state index in [0.717, 1.165) is 25.2 Å². The Labute approximate surface area is 81.3 Å². The molecule has 2 unspecified atom stereocenters. The van der Waals surface area contributed by atoms with Gasteiger partial charge in [0.15, 0.2) is 0 Å². The van der Waals surface area contributed by atoms with Gasteiger partial charge in [0.05, 0.1) is 5.54 Å². The molecule has 0 N–H and O–H groups in total. The van der Waals surface area contributed by atoms with Crippen LogP contribution in [-0.4, -0.2) is 29.3 Å². The maximum Gasteiger partial charge on any atom is 0.139 e. The van der Waals surface area contributed by atoms with E-state index in [-0.39, 0.29) is 5.54 Å². The fourth-order valence-electron chi connectivity index (χ4n) is 2.41. The molecule has 2 heteroatoms. The van der Waals surface area contributed by atoms with Crippen LogP contribution in [0.4, 0.5) is 0 Å². The van der Waals surface area contributed by atoms with Gasteiger partial charge in [-0.2, -0.15) is 0 Å². The predicted octanol–water partition coefficient (Wildman–Crippen LogP) is 2.08. The molecular formula is C11H21NO. The zero-order valence-electron chi connectivity index (χ0n) is 9.21. The van der Waals surface area contributed by atoms with E-state index in [1.807, 2.05) is 13.8 Å². The average Bonchev–Trinajstić information content (AvgIpc) is 2.47. The average molecular weight is 183 g/mol. The van der Waals surface area contributed by atoms with Crippen molar-refractivity contribution in [2.24, 2.45) is 5.92 Å². The maximum absolute atomic E-state index is 10.9. The Morgan fingerprint density at radius 1 is 1.54 bits per heavy atom. The van der Waals surface area contributed by atoms with Crippen molar-refractivity contribution in [3.63, 3.8) is 0 Å². The molecule has 0 aromatic rings. The van der Waals surface area contributed by atoms with Crippen molar-refractivity contribution in [1.29, 1.82) is 0 Å². The lowest BCUT2D eigenvalue weighted by Crippen LogP contribution is -2.48. The summed E-state index contributed by atoms with van der Waals surface area (Å²) in [4.78, 5) is 13.3. The van der Waals surface area contributed by atoms with E-state index in [0.29, 0.717) is 6.04 Å². The van der Waals surface area contributed by atoms with Crippen LogP contribution < -0.4 is 0 Å². The minimum absolute atomic E-state index is 0.272. The Bertz CT molecular complexity index is 189. The molecule has 0 amide bonds. The second-order valence-corrected chi connectivity index (χ2v) is 4.71. The van der Waals surface area contributed by atoms with Crippen molar-refractivity contribution >= 4 is 6.29 Å². The zero-order chi connectivity index (χ0) is 10.1. The van der Waals surface area contributed by atoms with Crippen molar-refractivity contribution in [3.8, 4) is 0 Å². The number of hydrogen-bond donors (Lipinski definition) is 0. The Morgan fingerprint density at radius 3 is 2.62 bits per heavy atom. The first kappa shape index (κ1) is 10.7. The Kier molecular flexibility index (Phi) is 3.12. The quantitative estimate of drug-likeness (QED) is 0.624. The summed E-state index contributed by atoms with van der Waals surface area (Å²) < 4.78 is 0. The molecular weight excluding hydrogens is 162 g/mol. The van der Waals surface area contributed by atoms with Crippen LogP contribution in [0.5, 0.6) is 0 Å². The van der Waals surface area contributed by atoms with Gasteiger partial charge in [-0.05, 0) is 39.2 Å². The van der Waals surface area contributed by atoms with Crippen molar-refractivity contribution in [2.45, 2.75) is 52.1 Å². The largest absolute Gasteiger partial charge is 0.301 e. The predicted molar refractivity (Wildman–Crippen MR) is 54.7 cm³/mol. The third-order valence-electron chi connectivity index (χ3n) is 3.33. The fraction of sp³-hybridized carbons (Fsp3) is 0.909. The van der Waals surface area contributed by atoms with Crippen molar-refractivity contribution < 1.29 is 4.79 Å². The van der Waals surface area contributed by atoms with Gasteiger partial charge in [0.25, 0.3) is 0 Å². The lowest BCUT2D eigenvalue weighted by molar-refractivity contribution is -0.117. The smallest absolute Gasteiger partial charge is 0.139 e. The first-order chi connectivity index (χ1) is 6.03. The van der Waals surface area contributed by atoms with Crippen molar-refractivity contribution in [1.82, 2.24) is 4.90 Å². The van der Waals surface area contributed by atoms with E-state index in [1.165, 1.54) is 6.42 Å². The maximum atomic E-state index is 10.9. The topological polar surface area (TPSA) is 20.3 Å². The molecule has 0 aromatic carbocycles. The molecule has 0 spiro atoms. The molecule has 0 radical (unpaired) electrons. The van der Waals surface area contributed by atoms with Crippen LogP contribution in [0.15, 0.2) is 0 Å². The summed E-state index contributed by atoms with van der Waals surface area (Å²) in [7, 11) is 0. The molecule has 1 aliphatic rings. The highest BCUT2D eigenvalue weighted by atomic mass is 16.1. The summed E-state index contributed by atoms with van der Waals surface area (Å²) in [6.45, 7) is 9.60. The molecule has 1 fully saturated rings. The third kappa shape index (κ3) is 1.93. The number of rotatable bonds is 3. The number of hydrogen-bond acceptors (Lipinski definition) is 2. The summed E-state index contributed by atoms with van der Waals surface area (Å²) >= 11 is 0. The molecule has 1 saturated heterocycles. The van der Waals surface area contributed by atoms with Gasteiger partial charge in [-0.1, -0.05) is 13.8 Å². The molecule has 2 atom stereocenters. The van der Waals surface area contributed by atoms with Crippen LogP contribution in [0.25, 0.3) is 0 Å². The molecule has 1 rings (SSSR count). The van der Waals surface area contributed by atoms with Gasteiger partial charge in [0, 0.05) is 6.04 Å². The highest BCUT2D eigenvalue weighted by Gasteiger charge is 2.38. The molecule has 1 heterocycles. The first-order valence-corrected chi connectivity index (χ1v) is 5.26. The van der Waals surface area contributed by atoms with E-state index in [2.05, 4.69) is 18.7 Å². The van der Waals surface area contributed by atoms with Gasteiger partial charge >= 0.3 is 0 Å².